The Bertz CT molecular complexity index is 380. The van der Waals surface area contributed by atoms with Gasteiger partial charge in [0, 0.05) is 6.42 Å². The molecule has 0 heterocycles. The lowest BCUT2D eigenvalue weighted by molar-refractivity contribution is -0.107. The molecule has 0 bridgehead atoms. The molecular weight excluding hydrogens is 270 g/mol. The number of ether oxygens (including phenoxy) is 1. The van der Waals surface area contributed by atoms with Gasteiger partial charge >= 0.3 is 0 Å². The molecule has 0 aliphatic rings. The number of benzene rings is 1. The predicted octanol–water partition coefficient (Wildman–Crippen LogP) is 2.87. The number of carbonyl (C=O) groups is 1. The molecular formula is C10H9BrF2O2. The van der Waals surface area contributed by atoms with E-state index in [0.29, 0.717) is 10.8 Å². The van der Waals surface area contributed by atoms with Crippen LogP contribution in [0.2, 0.25) is 0 Å². The average molecular weight is 279 g/mol. The van der Waals surface area contributed by atoms with Crippen molar-refractivity contribution in [1.82, 2.24) is 0 Å². The van der Waals surface area contributed by atoms with Crippen LogP contribution in [0.1, 0.15) is 12.0 Å². The summed E-state index contributed by atoms with van der Waals surface area (Å²) in [4.78, 5) is 10.1. The summed E-state index contributed by atoms with van der Waals surface area (Å²) in [6.45, 7) is 0. The van der Waals surface area contributed by atoms with E-state index in [2.05, 4.69) is 20.7 Å². The molecule has 0 saturated carbocycles. The molecule has 0 N–H and O–H groups in total. The van der Waals surface area contributed by atoms with Gasteiger partial charge in [-0.25, -0.2) is 4.39 Å². The number of aryl methyl sites for hydroxylation is 1. The standard InChI is InChI=1S/C10H9BrF2O2/c1-15-10-7(11)5-6(3-2-4-14)8(12)9(10)13/h4-5H,2-3H2,1H3. The SMILES string of the molecule is COc1c(Br)cc(CCC=O)c(F)c1F. The van der Waals surface area contributed by atoms with E-state index in [1.165, 1.54) is 13.2 Å². The zero-order chi connectivity index (χ0) is 11.4. The van der Waals surface area contributed by atoms with Gasteiger partial charge in [-0.05, 0) is 34.0 Å². The number of hydrogen-bond acceptors (Lipinski definition) is 2. The molecule has 82 valence electrons. The molecule has 0 saturated heterocycles. The highest BCUT2D eigenvalue weighted by Crippen LogP contribution is 2.32. The van der Waals surface area contributed by atoms with Crippen LogP contribution in [0.4, 0.5) is 8.78 Å². The summed E-state index contributed by atoms with van der Waals surface area (Å²) in [6.07, 6.45) is 0.999. The summed E-state index contributed by atoms with van der Waals surface area (Å²) in [6, 6.07) is 1.42. The van der Waals surface area contributed by atoms with Crippen LogP contribution < -0.4 is 4.74 Å². The minimum atomic E-state index is -1.03. The van der Waals surface area contributed by atoms with E-state index >= 15 is 0 Å². The molecule has 0 aliphatic carbocycles. The lowest BCUT2D eigenvalue weighted by atomic mass is 10.1. The van der Waals surface area contributed by atoms with E-state index < -0.39 is 11.6 Å². The van der Waals surface area contributed by atoms with Crippen LogP contribution in [0.15, 0.2) is 10.5 Å². The van der Waals surface area contributed by atoms with Crippen molar-refractivity contribution in [3.63, 3.8) is 0 Å². The Morgan fingerprint density at radius 1 is 1.47 bits per heavy atom. The molecule has 0 atom stereocenters. The quantitative estimate of drug-likeness (QED) is 0.625. The molecule has 2 nitrogen and oxygen atoms in total. The number of halogens is 3. The fraction of sp³-hybridized carbons (Fsp3) is 0.300. The van der Waals surface area contributed by atoms with Gasteiger partial charge < -0.3 is 9.53 Å². The Morgan fingerprint density at radius 2 is 2.13 bits per heavy atom. The van der Waals surface area contributed by atoms with Gasteiger partial charge in [-0.3, -0.25) is 0 Å². The first kappa shape index (κ1) is 12.1. The third-order valence-corrected chi connectivity index (χ3v) is 2.52. The van der Waals surface area contributed by atoms with Gasteiger partial charge in [-0.1, -0.05) is 0 Å². The molecule has 1 rings (SSSR count). The second kappa shape index (κ2) is 5.21. The summed E-state index contributed by atoms with van der Waals surface area (Å²) in [7, 11) is 1.26. The second-order valence-corrected chi connectivity index (χ2v) is 3.74. The van der Waals surface area contributed by atoms with Crippen molar-refractivity contribution in [3.05, 3.63) is 27.7 Å². The number of rotatable bonds is 4. The summed E-state index contributed by atoms with van der Waals surface area (Å²) in [5, 5.41) is 0. The zero-order valence-electron chi connectivity index (χ0n) is 8.02. The van der Waals surface area contributed by atoms with Gasteiger partial charge in [0.05, 0.1) is 11.6 Å². The Balaban J connectivity index is 3.15. The van der Waals surface area contributed by atoms with E-state index in [-0.39, 0.29) is 24.2 Å². The second-order valence-electron chi connectivity index (χ2n) is 2.88. The molecule has 0 aliphatic heterocycles. The van der Waals surface area contributed by atoms with Crippen LogP contribution >= 0.6 is 15.9 Å². The van der Waals surface area contributed by atoms with Crippen LogP contribution in [-0.4, -0.2) is 13.4 Å². The monoisotopic (exact) mass is 278 g/mol. The van der Waals surface area contributed by atoms with Gasteiger partial charge in [0.1, 0.15) is 6.29 Å². The molecule has 0 spiro atoms. The maximum atomic E-state index is 13.4. The van der Waals surface area contributed by atoms with Crippen LogP contribution in [0.3, 0.4) is 0 Å². The number of carbonyl (C=O) groups excluding carboxylic acids is 1. The first-order valence-electron chi connectivity index (χ1n) is 4.25. The van der Waals surface area contributed by atoms with E-state index in [0.717, 1.165) is 0 Å². The molecule has 5 heteroatoms. The highest BCUT2D eigenvalue weighted by atomic mass is 79.9. The Hall–Kier alpha value is -0.970. The summed E-state index contributed by atoms with van der Waals surface area (Å²) in [5.74, 6) is -2.16. The predicted molar refractivity (Wildman–Crippen MR) is 55.0 cm³/mol. The normalized spacial score (nSPS) is 10.1. The number of methoxy groups -OCH3 is 1. The maximum Gasteiger partial charge on any atom is 0.202 e. The van der Waals surface area contributed by atoms with Crippen molar-refractivity contribution in [2.24, 2.45) is 0 Å². The fourth-order valence-corrected chi connectivity index (χ4v) is 1.82. The fourth-order valence-electron chi connectivity index (χ4n) is 1.21. The Kier molecular flexibility index (Phi) is 4.20. The first-order valence-corrected chi connectivity index (χ1v) is 5.05. The maximum absolute atomic E-state index is 13.4. The van der Waals surface area contributed by atoms with E-state index in [1.807, 2.05) is 0 Å². The van der Waals surface area contributed by atoms with Crippen molar-refractivity contribution >= 4 is 22.2 Å². The minimum Gasteiger partial charge on any atom is -0.492 e. The first-order chi connectivity index (χ1) is 7.11. The number of aldehydes is 1. The van der Waals surface area contributed by atoms with Crippen LogP contribution in [0, 0.1) is 11.6 Å². The molecule has 1 aromatic rings. The average Bonchev–Trinajstić information content (AvgIpc) is 2.22. The highest BCUT2D eigenvalue weighted by molar-refractivity contribution is 9.10. The van der Waals surface area contributed by atoms with Gasteiger partial charge in [-0.15, -0.1) is 0 Å². The van der Waals surface area contributed by atoms with Gasteiger partial charge in [0.15, 0.2) is 11.6 Å². The van der Waals surface area contributed by atoms with Crippen LogP contribution in [-0.2, 0) is 11.2 Å². The summed E-state index contributed by atoms with van der Waals surface area (Å²) < 4.78 is 31.7. The van der Waals surface area contributed by atoms with Crippen molar-refractivity contribution in [3.8, 4) is 5.75 Å². The highest BCUT2D eigenvalue weighted by Gasteiger charge is 2.17. The molecule has 0 radical (unpaired) electrons. The van der Waals surface area contributed by atoms with E-state index in [1.54, 1.807) is 0 Å². The van der Waals surface area contributed by atoms with Crippen molar-refractivity contribution in [2.75, 3.05) is 7.11 Å². The van der Waals surface area contributed by atoms with Crippen molar-refractivity contribution in [1.29, 1.82) is 0 Å². The summed E-state index contributed by atoms with van der Waals surface area (Å²) in [5.41, 5.74) is 0.160. The zero-order valence-corrected chi connectivity index (χ0v) is 9.61. The third-order valence-electron chi connectivity index (χ3n) is 1.93. The minimum absolute atomic E-state index is 0.160. The Morgan fingerprint density at radius 3 is 2.67 bits per heavy atom. The van der Waals surface area contributed by atoms with Crippen molar-refractivity contribution in [2.45, 2.75) is 12.8 Å². The molecule has 1 aromatic carbocycles. The lowest BCUT2D eigenvalue weighted by Crippen LogP contribution is -1.99. The largest absolute Gasteiger partial charge is 0.492 e. The van der Waals surface area contributed by atoms with Gasteiger partial charge in [-0.2, -0.15) is 4.39 Å². The molecule has 0 fully saturated rings. The van der Waals surface area contributed by atoms with Gasteiger partial charge in [0.2, 0.25) is 5.82 Å². The Labute approximate surface area is 94.4 Å². The van der Waals surface area contributed by atoms with Gasteiger partial charge in [0.25, 0.3) is 0 Å². The number of hydrogen-bond donors (Lipinski definition) is 0. The van der Waals surface area contributed by atoms with Crippen molar-refractivity contribution < 1.29 is 18.3 Å². The third kappa shape index (κ3) is 2.53. The van der Waals surface area contributed by atoms with E-state index in [4.69, 9.17) is 0 Å². The lowest BCUT2D eigenvalue weighted by Gasteiger charge is -2.08. The van der Waals surface area contributed by atoms with E-state index in [9.17, 15) is 13.6 Å². The molecule has 0 unspecified atom stereocenters. The summed E-state index contributed by atoms with van der Waals surface area (Å²) >= 11 is 3.06. The topological polar surface area (TPSA) is 26.3 Å². The molecule has 0 aromatic heterocycles. The molecule has 0 amide bonds. The van der Waals surface area contributed by atoms with Crippen LogP contribution in [0.25, 0.3) is 0 Å². The van der Waals surface area contributed by atoms with Crippen LogP contribution in [0.5, 0.6) is 5.75 Å². The molecule has 15 heavy (non-hydrogen) atoms. The smallest absolute Gasteiger partial charge is 0.202 e.